The second-order valence-electron chi connectivity index (χ2n) is 7.05. The summed E-state index contributed by atoms with van der Waals surface area (Å²) in [6.45, 7) is 9.45. The van der Waals surface area contributed by atoms with Crippen molar-refractivity contribution in [3.63, 3.8) is 0 Å². The summed E-state index contributed by atoms with van der Waals surface area (Å²) in [4.78, 5) is 15.2. The molecule has 6 nitrogen and oxygen atoms in total. The fourth-order valence-electron chi connectivity index (χ4n) is 3.43. The van der Waals surface area contributed by atoms with Gasteiger partial charge in [0, 0.05) is 18.7 Å². The Labute approximate surface area is 142 Å². The SMILES string of the molecule is Cc1cnn(CC2CCCCN2C(=O)c2c(C)noc2C(C)C)c1. The van der Waals surface area contributed by atoms with Crippen LogP contribution in [-0.2, 0) is 6.54 Å². The van der Waals surface area contributed by atoms with Gasteiger partial charge in [-0.15, -0.1) is 0 Å². The topological polar surface area (TPSA) is 64.2 Å². The number of rotatable bonds is 4. The molecule has 1 fully saturated rings. The molecule has 130 valence electrons. The van der Waals surface area contributed by atoms with E-state index < -0.39 is 0 Å². The Morgan fingerprint density at radius 3 is 2.83 bits per heavy atom. The van der Waals surface area contributed by atoms with Gasteiger partial charge in [0.1, 0.15) is 5.56 Å². The third-order valence-electron chi connectivity index (χ3n) is 4.68. The van der Waals surface area contributed by atoms with E-state index in [1.165, 1.54) is 0 Å². The molecule has 2 aromatic heterocycles. The van der Waals surface area contributed by atoms with E-state index in [-0.39, 0.29) is 17.9 Å². The zero-order valence-electron chi connectivity index (χ0n) is 15.0. The number of likely N-dealkylation sites (tertiary alicyclic amines) is 1. The quantitative estimate of drug-likeness (QED) is 0.863. The molecular weight excluding hydrogens is 304 g/mol. The summed E-state index contributed by atoms with van der Waals surface area (Å²) in [5.74, 6) is 0.880. The molecule has 0 saturated carbocycles. The molecule has 0 aromatic carbocycles. The molecule has 2 aromatic rings. The minimum absolute atomic E-state index is 0.0472. The van der Waals surface area contributed by atoms with Crippen molar-refractivity contribution >= 4 is 5.91 Å². The summed E-state index contributed by atoms with van der Waals surface area (Å²) in [6, 6.07) is 0.167. The number of piperidine rings is 1. The molecule has 1 atom stereocenters. The normalized spacial score (nSPS) is 18.4. The van der Waals surface area contributed by atoms with Gasteiger partial charge in [-0.1, -0.05) is 19.0 Å². The molecule has 1 unspecified atom stereocenters. The van der Waals surface area contributed by atoms with E-state index >= 15 is 0 Å². The molecule has 0 radical (unpaired) electrons. The highest BCUT2D eigenvalue weighted by molar-refractivity contribution is 5.96. The third-order valence-corrected chi connectivity index (χ3v) is 4.68. The Kier molecular flexibility index (Phi) is 4.73. The standard InChI is InChI=1S/C18H26N4O2/c1-12(2)17-16(14(4)20-24-17)18(23)22-8-6-5-7-15(22)11-21-10-13(3)9-19-21/h9-10,12,15H,5-8,11H2,1-4H3. The lowest BCUT2D eigenvalue weighted by molar-refractivity contribution is 0.0580. The van der Waals surface area contributed by atoms with E-state index in [2.05, 4.69) is 10.3 Å². The first-order chi connectivity index (χ1) is 11.5. The minimum atomic E-state index is 0.0472. The average molecular weight is 330 g/mol. The van der Waals surface area contributed by atoms with Crippen LogP contribution >= 0.6 is 0 Å². The Bertz CT molecular complexity index is 716. The highest BCUT2D eigenvalue weighted by Crippen LogP contribution is 2.27. The number of aryl methyl sites for hydroxylation is 2. The molecule has 1 aliphatic rings. The molecule has 0 spiro atoms. The second-order valence-corrected chi connectivity index (χ2v) is 7.05. The number of nitrogens with zero attached hydrogens (tertiary/aromatic N) is 4. The van der Waals surface area contributed by atoms with Crippen LogP contribution in [0.15, 0.2) is 16.9 Å². The first-order valence-corrected chi connectivity index (χ1v) is 8.73. The van der Waals surface area contributed by atoms with Crippen LogP contribution in [0.25, 0.3) is 0 Å². The molecule has 0 bridgehead atoms. The van der Waals surface area contributed by atoms with Crippen LogP contribution in [0.4, 0.5) is 0 Å². The van der Waals surface area contributed by atoms with E-state index in [0.717, 1.165) is 37.9 Å². The molecule has 3 rings (SSSR count). The summed E-state index contributed by atoms with van der Waals surface area (Å²) in [5, 5.41) is 8.40. The van der Waals surface area contributed by atoms with E-state index in [1.807, 2.05) is 49.7 Å². The summed E-state index contributed by atoms with van der Waals surface area (Å²) < 4.78 is 7.35. The Balaban J connectivity index is 1.85. The van der Waals surface area contributed by atoms with Crippen molar-refractivity contribution in [2.45, 2.75) is 65.5 Å². The van der Waals surface area contributed by atoms with Crippen LogP contribution in [0.3, 0.4) is 0 Å². The predicted molar refractivity (Wildman–Crippen MR) is 91.0 cm³/mol. The van der Waals surface area contributed by atoms with Crippen LogP contribution in [-0.4, -0.2) is 38.3 Å². The zero-order chi connectivity index (χ0) is 17.3. The second kappa shape index (κ2) is 6.79. The van der Waals surface area contributed by atoms with Crippen molar-refractivity contribution in [1.29, 1.82) is 0 Å². The smallest absolute Gasteiger partial charge is 0.259 e. The lowest BCUT2D eigenvalue weighted by atomic mass is 9.98. The lowest BCUT2D eigenvalue weighted by Crippen LogP contribution is -2.46. The largest absolute Gasteiger partial charge is 0.360 e. The van der Waals surface area contributed by atoms with Crippen LogP contribution < -0.4 is 0 Å². The molecule has 0 N–H and O–H groups in total. The van der Waals surface area contributed by atoms with Crippen molar-refractivity contribution in [2.75, 3.05) is 6.54 Å². The van der Waals surface area contributed by atoms with Gasteiger partial charge in [0.25, 0.3) is 5.91 Å². The van der Waals surface area contributed by atoms with Crippen molar-refractivity contribution < 1.29 is 9.32 Å². The molecular formula is C18H26N4O2. The van der Waals surface area contributed by atoms with Gasteiger partial charge in [-0.05, 0) is 38.7 Å². The van der Waals surface area contributed by atoms with Crippen LogP contribution in [0, 0.1) is 13.8 Å². The monoisotopic (exact) mass is 330 g/mol. The number of hydrogen-bond acceptors (Lipinski definition) is 4. The summed E-state index contributed by atoms with van der Waals surface area (Å²) in [6.07, 6.45) is 7.08. The number of carbonyl (C=O) groups excluding carboxylic acids is 1. The van der Waals surface area contributed by atoms with Gasteiger partial charge < -0.3 is 9.42 Å². The predicted octanol–water partition coefficient (Wildman–Crippen LogP) is 3.31. The number of amides is 1. The fourth-order valence-corrected chi connectivity index (χ4v) is 3.43. The van der Waals surface area contributed by atoms with Gasteiger partial charge in [-0.25, -0.2) is 0 Å². The molecule has 1 saturated heterocycles. The van der Waals surface area contributed by atoms with E-state index in [4.69, 9.17) is 4.52 Å². The Hall–Kier alpha value is -2.11. The molecule has 24 heavy (non-hydrogen) atoms. The van der Waals surface area contributed by atoms with Crippen LogP contribution in [0.5, 0.6) is 0 Å². The Morgan fingerprint density at radius 2 is 2.17 bits per heavy atom. The molecule has 3 heterocycles. The first-order valence-electron chi connectivity index (χ1n) is 8.73. The number of hydrogen-bond donors (Lipinski definition) is 0. The lowest BCUT2D eigenvalue weighted by Gasteiger charge is -2.35. The molecule has 6 heteroatoms. The van der Waals surface area contributed by atoms with E-state index in [1.54, 1.807) is 0 Å². The van der Waals surface area contributed by atoms with Gasteiger partial charge in [0.2, 0.25) is 0 Å². The molecule has 1 amide bonds. The highest BCUT2D eigenvalue weighted by atomic mass is 16.5. The van der Waals surface area contributed by atoms with Crippen LogP contribution in [0.2, 0.25) is 0 Å². The first kappa shape index (κ1) is 16.7. The van der Waals surface area contributed by atoms with Gasteiger partial charge in [-0.3, -0.25) is 9.48 Å². The molecule has 1 aliphatic heterocycles. The maximum absolute atomic E-state index is 13.2. The minimum Gasteiger partial charge on any atom is -0.360 e. The van der Waals surface area contributed by atoms with Crippen molar-refractivity contribution in [1.82, 2.24) is 19.8 Å². The third kappa shape index (κ3) is 3.23. The summed E-state index contributed by atoms with van der Waals surface area (Å²) in [5.41, 5.74) is 2.47. The maximum atomic E-state index is 13.2. The van der Waals surface area contributed by atoms with Crippen molar-refractivity contribution in [3.05, 3.63) is 35.0 Å². The van der Waals surface area contributed by atoms with Crippen molar-refractivity contribution in [2.24, 2.45) is 0 Å². The highest BCUT2D eigenvalue weighted by Gasteiger charge is 2.32. The number of aromatic nitrogens is 3. The summed E-state index contributed by atoms with van der Waals surface area (Å²) in [7, 11) is 0. The number of carbonyl (C=O) groups is 1. The van der Waals surface area contributed by atoms with Gasteiger partial charge in [0.05, 0.1) is 24.5 Å². The summed E-state index contributed by atoms with van der Waals surface area (Å²) >= 11 is 0. The zero-order valence-corrected chi connectivity index (χ0v) is 15.0. The van der Waals surface area contributed by atoms with Crippen molar-refractivity contribution in [3.8, 4) is 0 Å². The van der Waals surface area contributed by atoms with Gasteiger partial charge in [-0.2, -0.15) is 5.10 Å². The van der Waals surface area contributed by atoms with E-state index in [9.17, 15) is 4.79 Å². The van der Waals surface area contributed by atoms with Gasteiger partial charge in [0.15, 0.2) is 5.76 Å². The van der Waals surface area contributed by atoms with E-state index in [0.29, 0.717) is 17.0 Å². The fraction of sp³-hybridized carbons (Fsp3) is 0.611. The van der Waals surface area contributed by atoms with Gasteiger partial charge >= 0.3 is 0 Å². The molecule has 0 aliphatic carbocycles. The van der Waals surface area contributed by atoms with Crippen LogP contribution in [0.1, 0.15) is 66.4 Å². The Morgan fingerprint density at radius 1 is 1.38 bits per heavy atom. The average Bonchev–Trinajstić information content (AvgIpc) is 3.13. The maximum Gasteiger partial charge on any atom is 0.259 e.